The summed E-state index contributed by atoms with van der Waals surface area (Å²) in [6.45, 7) is 2.86. The van der Waals surface area contributed by atoms with Gasteiger partial charge in [0.05, 0.1) is 0 Å². The average molecular weight is 284 g/mol. The Kier molecular flexibility index (Phi) is 3.72. The van der Waals surface area contributed by atoms with Crippen LogP contribution in [0.1, 0.15) is 18.1 Å². The van der Waals surface area contributed by atoms with Crippen LogP contribution in [0.25, 0.3) is 0 Å². The van der Waals surface area contributed by atoms with Gasteiger partial charge in [0, 0.05) is 34.4 Å². The molecule has 1 aliphatic rings. The third-order valence-corrected chi connectivity index (χ3v) is 4.82. The predicted molar refractivity (Wildman–Crippen MR) is 87.9 cm³/mol. The molecule has 0 radical (unpaired) electrons. The number of rotatable bonds is 3. The third kappa shape index (κ3) is 2.11. The van der Waals surface area contributed by atoms with Gasteiger partial charge in [-0.15, -0.1) is 11.8 Å². The fraction of sp³-hybridized carbons (Fsp3) is 0.294. The SMILES string of the molecule is CSc1cccc(N2c3ccccc3CC2C)c1CN. The molecule has 0 spiro atoms. The van der Waals surface area contributed by atoms with Crippen LogP contribution in [0.15, 0.2) is 47.4 Å². The lowest BCUT2D eigenvalue weighted by Gasteiger charge is -2.28. The highest BCUT2D eigenvalue weighted by Gasteiger charge is 2.28. The zero-order chi connectivity index (χ0) is 14.1. The molecule has 3 heteroatoms. The number of benzene rings is 2. The monoisotopic (exact) mass is 284 g/mol. The van der Waals surface area contributed by atoms with E-state index < -0.39 is 0 Å². The standard InChI is InChI=1S/C17H20N2S/c1-12-10-13-6-3-4-7-15(13)19(12)16-8-5-9-17(20-2)14(16)11-18/h3-9,12H,10-11,18H2,1-2H3. The number of fused-ring (bicyclic) bond motifs is 1. The molecule has 0 amide bonds. The Balaban J connectivity index is 2.14. The van der Waals surface area contributed by atoms with Gasteiger partial charge in [0.25, 0.3) is 0 Å². The summed E-state index contributed by atoms with van der Waals surface area (Å²) in [5, 5.41) is 0. The fourth-order valence-electron chi connectivity index (χ4n) is 3.11. The number of nitrogens with two attached hydrogens (primary N) is 1. The molecule has 0 fully saturated rings. The zero-order valence-electron chi connectivity index (χ0n) is 12.0. The summed E-state index contributed by atoms with van der Waals surface area (Å²) in [4.78, 5) is 3.72. The lowest BCUT2D eigenvalue weighted by atomic mass is 10.1. The number of thioether (sulfide) groups is 1. The van der Waals surface area contributed by atoms with E-state index in [1.165, 1.54) is 27.4 Å². The van der Waals surface area contributed by atoms with Crippen LogP contribution in [0.5, 0.6) is 0 Å². The van der Waals surface area contributed by atoms with Crippen molar-refractivity contribution in [1.82, 2.24) is 0 Å². The van der Waals surface area contributed by atoms with Gasteiger partial charge in [-0.25, -0.2) is 0 Å². The Morgan fingerprint density at radius 1 is 1.15 bits per heavy atom. The van der Waals surface area contributed by atoms with Crippen LogP contribution in [0.2, 0.25) is 0 Å². The molecule has 2 aromatic carbocycles. The maximum Gasteiger partial charge on any atom is 0.0470 e. The minimum atomic E-state index is 0.481. The fourth-order valence-corrected chi connectivity index (χ4v) is 3.76. The second-order valence-corrected chi connectivity index (χ2v) is 6.06. The van der Waals surface area contributed by atoms with Gasteiger partial charge in [-0.3, -0.25) is 0 Å². The topological polar surface area (TPSA) is 29.3 Å². The lowest BCUT2D eigenvalue weighted by Crippen LogP contribution is -2.25. The first-order chi connectivity index (χ1) is 9.76. The smallest absolute Gasteiger partial charge is 0.0470 e. The average Bonchev–Trinajstić information content (AvgIpc) is 2.81. The molecule has 0 saturated carbocycles. The minimum absolute atomic E-state index is 0.481. The van der Waals surface area contributed by atoms with Crippen LogP contribution < -0.4 is 10.6 Å². The van der Waals surface area contributed by atoms with E-state index >= 15 is 0 Å². The number of hydrogen-bond donors (Lipinski definition) is 1. The normalized spacial score (nSPS) is 17.4. The molecule has 2 nitrogen and oxygen atoms in total. The Hall–Kier alpha value is -1.45. The highest BCUT2D eigenvalue weighted by Crippen LogP contribution is 2.41. The molecule has 2 aromatic rings. The Morgan fingerprint density at radius 3 is 2.65 bits per heavy atom. The van der Waals surface area contributed by atoms with Crippen LogP contribution in [0.3, 0.4) is 0 Å². The van der Waals surface area contributed by atoms with Crippen molar-refractivity contribution < 1.29 is 0 Å². The molecule has 104 valence electrons. The number of anilines is 2. The van der Waals surface area contributed by atoms with Gasteiger partial charge < -0.3 is 10.6 Å². The molecule has 3 rings (SSSR count). The number of hydrogen-bond acceptors (Lipinski definition) is 3. The Labute approximate surface area is 125 Å². The van der Waals surface area contributed by atoms with E-state index in [1.807, 2.05) is 0 Å². The third-order valence-electron chi connectivity index (χ3n) is 4.00. The van der Waals surface area contributed by atoms with Crippen molar-refractivity contribution in [3.63, 3.8) is 0 Å². The van der Waals surface area contributed by atoms with E-state index in [-0.39, 0.29) is 0 Å². The van der Waals surface area contributed by atoms with Crippen molar-refractivity contribution in [3.05, 3.63) is 53.6 Å². The zero-order valence-corrected chi connectivity index (χ0v) is 12.8. The predicted octanol–water partition coefficient (Wildman–Crippen LogP) is 3.95. The first-order valence-corrected chi connectivity index (χ1v) is 8.21. The van der Waals surface area contributed by atoms with Crippen LogP contribution in [0, 0.1) is 0 Å². The van der Waals surface area contributed by atoms with Gasteiger partial charge in [-0.05, 0) is 43.4 Å². The summed E-state index contributed by atoms with van der Waals surface area (Å²) >= 11 is 1.77. The molecule has 1 unspecified atom stereocenters. The molecule has 0 bridgehead atoms. The molecule has 1 heterocycles. The summed E-state index contributed by atoms with van der Waals surface area (Å²) < 4.78 is 0. The van der Waals surface area contributed by atoms with Gasteiger partial charge in [-0.2, -0.15) is 0 Å². The molecule has 0 aliphatic carbocycles. The molecular formula is C17H20N2S. The van der Waals surface area contributed by atoms with Crippen molar-refractivity contribution in [2.45, 2.75) is 30.8 Å². The van der Waals surface area contributed by atoms with Gasteiger partial charge in [-0.1, -0.05) is 24.3 Å². The highest BCUT2D eigenvalue weighted by atomic mass is 32.2. The van der Waals surface area contributed by atoms with Crippen molar-refractivity contribution in [3.8, 4) is 0 Å². The largest absolute Gasteiger partial charge is 0.338 e. The minimum Gasteiger partial charge on any atom is -0.338 e. The Morgan fingerprint density at radius 2 is 1.90 bits per heavy atom. The van der Waals surface area contributed by atoms with Crippen LogP contribution >= 0.6 is 11.8 Å². The van der Waals surface area contributed by atoms with Crippen LogP contribution in [-0.2, 0) is 13.0 Å². The van der Waals surface area contributed by atoms with Crippen molar-refractivity contribution in [1.29, 1.82) is 0 Å². The van der Waals surface area contributed by atoms with Crippen LogP contribution in [-0.4, -0.2) is 12.3 Å². The van der Waals surface area contributed by atoms with Gasteiger partial charge >= 0.3 is 0 Å². The maximum atomic E-state index is 6.02. The lowest BCUT2D eigenvalue weighted by molar-refractivity contribution is 0.753. The van der Waals surface area contributed by atoms with Crippen molar-refractivity contribution in [2.75, 3.05) is 11.2 Å². The summed E-state index contributed by atoms with van der Waals surface area (Å²) in [7, 11) is 0. The summed E-state index contributed by atoms with van der Waals surface area (Å²) in [6, 6.07) is 15.6. The molecule has 1 atom stereocenters. The molecule has 20 heavy (non-hydrogen) atoms. The van der Waals surface area contributed by atoms with Gasteiger partial charge in [0.15, 0.2) is 0 Å². The summed E-state index contributed by atoms with van der Waals surface area (Å²) in [5.74, 6) is 0. The first kappa shape index (κ1) is 13.5. The number of nitrogens with zero attached hydrogens (tertiary/aromatic N) is 1. The van der Waals surface area contributed by atoms with Gasteiger partial charge in [0.1, 0.15) is 0 Å². The second kappa shape index (κ2) is 5.51. The van der Waals surface area contributed by atoms with E-state index in [2.05, 4.69) is 60.5 Å². The maximum absolute atomic E-state index is 6.02. The molecular weight excluding hydrogens is 264 g/mol. The van der Waals surface area contributed by atoms with E-state index in [4.69, 9.17) is 5.73 Å². The van der Waals surface area contributed by atoms with Gasteiger partial charge in [0.2, 0.25) is 0 Å². The van der Waals surface area contributed by atoms with E-state index in [9.17, 15) is 0 Å². The quantitative estimate of drug-likeness (QED) is 0.865. The van der Waals surface area contributed by atoms with Crippen molar-refractivity contribution in [2.24, 2.45) is 5.73 Å². The summed E-state index contributed by atoms with van der Waals surface area (Å²) in [6.07, 6.45) is 3.21. The van der Waals surface area contributed by atoms with E-state index in [1.54, 1.807) is 11.8 Å². The van der Waals surface area contributed by atoms with Crippen LogP contribution in [0.4, 0.5) is 11.4 Å². The molecule has 0 aromatic heterocycles. The van der Waals surface area contributed by atoms with Crippen molar-refractivity contribution >= 4 is 23.1 Å². The number of para-hydroxylation sites is 1. The molecule has 0 saturated heterocycles. The van der Waals surface area contributed by atoms with E-state index in [0.717, 1.165) is 6.42 Å². The Bertz CT molecular complexity index is 624. The first-order valence-electron chi connectivity index (χ1n) is 6.99. The molecule has 1 aliphatic heterocycles. The van der Waals surface area contributed by atoms with E-state index in [0.29, 0.717) is 12.6 Å². The molecule has 2 N–H and O–H groups in total. The second-order valence-electron chi connectivity index (χ2n) is 5.21. The summed E-state index contributed by atoms with van der Waals surface area (Å²) in [5.41, 5.74) is 11.3. The highest BCUT2D eigenvalue weighted by molar-refractivity contribution is 7.98.